The zero-order valence-corrected chi connectivity index (χ0v) is 13.6. The average Bonchev–Trinajstić information content (AvgIpc) is 3.16. The molecule has 7 heteroatoms. The minimum absolute atomic E-state index is 0.695. The highest BCUT2D eigenvalue weighted by molar-refractivity contribution is 7.98. The molecule has 1 aromatic carbocycles. The molecule has 3 rings (SSSR count). The Morgan fingerprint density at radius 3 is 3.05 bits per heavy atom. The lowest BCUT2D eigenvalue weighted by atomic mass is 10.2. The average molecular weight is 338 g/mol. The number of nitrogens with zero attached hydrogens (tertiary/aromatic N) is 2. The summed E-state index contributed by atoms with van der Waals surface area (Å²) in [6.07, 6.45) is 0. The molecule has 0 fully saturated rings. The molecule has 21 heavy (non-hydrogen) atoms. The van der Waals surface area contributed by atoms with Gasteiger partial charge >= 0.3 is 0 Å². The minimum atomic E-state index is 0.695. The number of methoxy groups -OCH3 is 1. The van der Waals surface area contributed by atoms with E-state index in [1.807, 2.05) is 35.7 Å². The maximum Gasteiger partial charge on any atom is 0.209 e. The summed E-state index contributed by atoms with van der Waals surface area (Å²) in [5.41, 5.74) is 1.03. The molecule has 3 aromatic rings. The van der Waals surface area contributed by atoms with E-state index in [2.05, 4.69) is 15.2 Å². The second-order valence-electron chi connectivity index (χ2n) is 4.19. The third-order valence-electron chi connectivity index (χ3n) is 2.82. The Morgan fingerprint density at radius 1 is 1.38 bits per heavy atom. The van der Waals surface area contributed by atoms with E-state index >= 15 is 0 Å². The lowest BCUT2D eigenvalue weighted by molar-refractivity contribution is 0.411. The molecule has 0 atom stereocenters. The summed E-state index contributed by atoms with van der Waals surface area (Å²) in [6.45, 7) is 0. The fourth-order valence-corrected chi connectivity index (χ4v) is 3.47. The molecule has 1 N–H and O–H groups in total. The van der Waals surface area contributed by atoms with Gasteiger partial charge in [-0.15, -0.1) is 16.4 Å². The molecule has 0 saturated carbocycles. The number of rotatable bonds is 5. The van der Waals surface area contributed by atoms with Crippen molar-refractivity contribution >= 4 is 34.7 Å². The number of hydrogen-bond donors (Lipinski definition) is 1. The van der Waals surface area contributed by atoms with Gasteiger partial charge in [-0.05, 0) is 29.6 Å². The van der Waals surface area contributed by atoms with Crippen LogP contribution in [-0.4, -0.2) is 22.3 Å². The number of aromatic amines is 1. The number of benzene rings is 1. The smallest absolute Gasteiger partial charge is 0.209 e. The van der Waals surface area contributed by atoms with Crippen molar-refractivity contribution in [1.29, 1.82) is 0 Å². The second-order valence-corrected chi connectivity index (χ2v) is 6.52. The molecule has 0 bridgehead atoms. The summed E-state index contributed by atoms with van der Waals surface area (Å²) in [4.78, 5) is 5.56. The van der Waals surface area contributed by atoms with Gasteiger partial charge in [0.15, 0.2) is 5.82 Å². The van der Waals surface area contributed by atoms with Crippen LogP contribution in [0.5, 0.6) is 5.75 Å². The van der Waals surface area contributed by atoms with Crippen LogP contribution in [0, 0.1) is 0 Å². The third kappa shape index (κ3) is 3.40. The van der Waals surface area contributed by atoms with Crippen molar-refractivity contribution in [3.05, 3.63) is 46.3 Å². The number of thiophene rings is 1. The van der Waals surface area contributed by atoms with E-state index in [1.165, 1.54) is 0 Å². The molecule has 0 unspecified atom stereocenters. The van der Waals surface area contributed by atoms with Gasteiger partial charge in [0.1, 0.15) is 5.75 Å². The van der Waals surface area contributed by atoms with Crippen LogP contribution >= 0.6 is 34.7 Å². The fourth-order valence-electron chi connectivity index (χ4n) is 1.84. The highest BCUT2D eigenvalue weighted by Crippen LogP contribution is 2.30. The van der Waals surface area contributed by atoms with Crippen molar-refractivity contribution in [3.8, 4) is 16.5 Å². The van der Waals surface area contributed by atoms with Gasteiger partial charge in [0.25, 0.3) is 0 Å². The summed E-state index contributed by atoms with van der Waals surface area (Å²) in [7, 11) is 1.65. The van der Waals surface area contributed by atoms with Gasteiger partial charge in [-0.2, -0.15) is 0 Å². The molecule has 0 spiro atoms. The van der Waals surface area contributed by atoms with Gasteiger partial charge in [0.2, 0.25) is 5.16 Å². The van der Waals surface area contributed by atoms with E-state index in [1.54, 1.807) is 30.2 Å². The Bertz CT molecular complexity index is 728. The van der Waals surface area contributed by atoms with Crippen molar-refractivity contribution in [1.82, 2.24) is 15.2 Å². The highest BCUT2D eigenvalue weighted by Gasteiger charge is 2.09. The number of nitrogens with one attached hydrogen (secondary N) is 1. The Kier molecular flexibility index (Phi) is 4.48. The molecule has 0 radical (unpaired) electrons. The van der Waals surface area contributed by atoms with E-state index in [0.717, 1.165) is 22.0 Å². The fraction of sp³-hybridized carbons (Fsp3) is 0.143. The van der Waals surface area contributed by atoms with Crippen LogP contribution in [-0.2, 0) is 5.75 Å². The second kappa shape index (κ2) is 6.51. The molecule has 108 valence electrons. The normalized spacial score (nSPS) is 10.8. The highest BCUT2D eigenvalue weighted by atomic mass is 35.5. The Balaban J connectivity index is 1.72. The summed E-state index contributed by atoms with van der Waals surface area (Å²) >= 11 is 9.20. The number of ether oxygens (including phenoxy) is 1. The molecule has 0 aliphatic carbocycles. The number of halogens is 1. The third-order valence-corrected chi connectivity index (χ3v) is 4.83. The summed E-state index contributed by atoms with van der Waals surface area (Å²) in [5, 5.41) is 10.6. The van der Waals surface area contributed by atoms with Crippen molar-refractivity contribution in [2.45, 2.75) is 10.9 Å². The molecular formula is C14H12ClN3OS2. The van der Waals surface area contributed by atoms with Gasteiger partial charge < -0.3 is 4.74 Å². The molecule has 4 nitrogen and oxygen atoms in total. The molecule has 0 aliphatic rings. The van der Waals surface area contributed by atoms with Gasteiger partial charge in [-0.1, -0.05) is 29.4 Å². The van der Waals surface area contributed by atoms with Crippen molar-refractivity contribution in [3.63, 3.8) is 0 Å². The van der Waals surface area contributed by atoms with Crippen LogP contribution in [0.25, 0.3) is 10.7 Å². The van der Waals surface area contributed by atoms with E-state index in [4.69, 9.17) is 16.3 Å². The van der Waals surface area contributed by atoms with Crippen LogP contribution in [0.3, 0.4) is 0 Å². The molecule has 0 amide bonds. The first-order chi connectivity index (χ1) is 10.3. The first-order valence-electron chi connectivity index (χ1n) is 6.18. The minimum Gasteiger partial charge on any atom is -0.496 e. The van der Waals surface area contributed by atoms with E-state index in [9.17, 15) is 0 Å². The maximum absolute atomic E-state index is 6.03. The quantitative estimate of drug-likeness (QED) is 0.697. The van der Waals surface area contributed by atoms with Crippen molar-refractivity contribution in [2.75, 3.05) is 7.11 Å². The van der Waals surface area contributed by atoms with Crippen LogP contribution in [0.2, 0.25) is 5.02 Å². The van der Waals surface area contributed by atoms with Gasteiger partial charge in [-0.25, -0.2) is 4.98 Å². The number of aromatic nitrogens is 3. The summed E-state index contributed by atoms with van der Waals surface area (Å²) in [6, 6.07) is 9.59. The zero-order valence-electron chi connectivity index (χ0n) is 11.2. The van der Waals surface area contributed by atoms with Crippen LogP contribution in [0.15, 0.2) is 40.9 Å². The SMILES string of the molecule is COc1ccc(Cl)cc1CSc1n[nH]c(-c2cccs2)n1. The molecule has 2 heterocycles. The molecule has 0 aliphatic heterocycles. The molecular weight excluding hydrogens is 326 g/mol. The Labute approximate surface area is 135 Å². The largest absolute Gasteiger partial charge is 0.496 e. The van der Waals surface area contributed by atoms with E-state index in [0.29, 0.717) is 15.9 Å². The van der Waals surface area contributed by atoms with E-state index < -0.39 is 0 Å². The van der Waals surface area contributed by atoms with E-state index in [-0.39, 0.29) is 0 Å². The van der Waals surface area contributed by atoms with Crippen LogP contribution in [0.1, 0.15) is 5.56 Å². The predicted octanol–water partition coefficient (Wildman–Crippen LogP) is 4.49. The standard InChI is InChI=1S/C14H12ClN3OS2/c1-19-11-5-4-10(15)7-9(11)8-21-14-16-13(17-18-14)12-3-2-6-20-12/h2-7H,8H2,1H3,(H,16,17,18). The Hall–Kier alpha value is -1.50. The Morgan fingerprint density at radius 2 is 2.29 bits per heavy atom. The topological polar surface area (TPSA) is 50.8 Å². The van der Waals surface area contributed by atoms with Gasteiger partial charge in [0.05, 0.1) is 12.0 Å². The summed E-state index contributed by atoms with van der Waals surface area (Å²) < 4.78 is 5.33. The number of H-pyrrole nitrogens is 1. The number of hydrogen-bond acceptors (Lipinski definition) is 5. The first-order valence-corrected chi connectivity index (χ1v) is 8.42. The summed E-state index contributed by atoms with van der Waals surface area (Å²) in [5.74, 6) is 2.32. The molecule has 0 saturated heterocycles. The van der Waals surface area contributed by atoms with Gasteiger partial charge in [-0.3, -0.25) is 5.10 Å². The van der Waals surface area contributed by atoms with Crippen LogP contribution in [0.4, 0.5) is 0 Å². The predicted molar refractivity (Wildman–Crippen MR) is 87.3 cm³/mol. The van der Waals surface area contributed by atoms with Gasteiger partial charge in [0, 0.05) is 16.3 Å². The lowest BCUT2D eigenvalue weighted by Gasteiger charge is -2.07. The monoisotopic (exact) mass is 337 g/mol. The lowest BCUT2D eigenvalue weighted by Crippen LogP contribution is -1.90. The van der Waals surface area contributed by atoms with Crippen LogP contribution < -0.4 is 4.74 Å². The maximum atomic E-state index is 6.03. The first kappa shape index (κ1) is 14.4. The number of thioether (sulfide) groups is 1. The zero-order chi connectivity index (χ0) is 14.7. The van der Waals surface area contributed by atoms with Crippen molar-refractivity contribution < 1.29 is 4.74 Å². The van der Waals surface area contributed by atoms with Crippen molar-refractivity contribution in [2.24, 2.45) is 0 Å². The molecule has 2 aromatic heterocycles.